The van der Waals surface area contributed by atoms with Gasteiger partial charge in [0, 0.05) is 16.7 Å². The molecule has 1 heterocycles. The van der Waals surface area contributed by atoms with Crippen molar-refractivity contribution in [2.75, 3.05) is 0 Å². The normalized spacial score (nSPS) is 11.6. The third kappa shape index (κ3) is 3.63. The van der Waals surface area contributed by atoms with Crippen molar-refractivity contribution < 1.29 is 4.79 Å². The highest BCUT2D eigenvalue weighted by Gasteiger charge is 2.12. The summed E-state index contributed by atoms with van der Waals surface area (Å²) in [6.07, 6.45) is 2.62. The van der Waals surface area contributed by atoms with Crippen molar-refractivity contribution in [3.63, 3.8) is 0 Å². The molecule has 16 heavy (non-hydrogen) atoms. The van der Waals surface area contributed by atoms with Crippen LogP contribution in [0.15, 0.2) is 22.8 Å². The fourth-order valence-electron chi connectivity index (χ4n) is 1.18. The summed E-state index contributed by atoms with van der Waals surface area (Å²) in [4.78, 5) is 15.7. The lowest BCUT2D eigenvalue weighted by molar-refractivity contribution is 0.0931. The molecule has 0 radical (unpaired) electrons. The lowest BCUT2D eigenvalue weighted by Gasteiger charge is -2.12. The molecule has 0 saturated carbocycles. The number of rotatable bonds is 4. The number of amides is 1. The van der Waals surface area contributed by atoms with Crippen LogP contribution in [0.4, 0.5) is 0 Å². The quantitative estimate of drug-likeness (QED) is 0.921. The lowest BCUT2D eigenvalue weighted by atomic mass is 10.1. The number of carbonyl (C=O) groups excluding carboxylic acids is 1. The second-order valence-corrected chi connectivity index (χ2v) is 4.22. The van der Waals surface area contributed by atoms with E-state index in [1.54, 1.807) is 18.3 Å². The van der Waals surface area contributed by atoms with E-state index in [2.05, 4.69) is 26.2 Å². The SMILES string of the molecule is CCC(CC#N)NC(=O)c1ccc(Br)cn1. The molecule has 0 spiro atoms. The Kier molecular flexibility index (Phi) is 4.93. The fraction of sp³-hybridized carbons (Fsp3) is 0.364. The van der Waals surface area contributed by atoms with E-state index < -0.39 is 0 Å². The Hall–Kier alpha value is -1.41. The monoisotopic (exact) mass is 281 g/mol. The van der Waals surface area contributed by atoms with Gasteiger partial charge in [-0.2, -0.15) is 5.26 Å². The molecule has 5 heteroatoms. The van der Waals surface area contributed by atoms with Crippen LogP contribution >= 0.6 is 15.9 Å². The molecule has 1 aromatic heterocycles. The van der Waals surface area contributed by atoms with Crippen molar-refractivity contribution in [1.29, 1.82) is 5.26 Å². The summed E-state index contributed by atoms with van der Waals surface area (Å²) < 4.78 is 0.827. The first-order chi connectivity index (χ1) is 7.67. The summed E-state index contributed by atoms with van der Waals surface area (Å²) in [6.45, 7) is 1.93. The molecule has 1 atom stereocenters. The Morgan fingerprint density at radius 2 is 2.44 bits per heavy atom. The van der Waals surface area contributed by atoms with Gasteiger partial charge in [0.25, 0.3) is 5.91 Å². The van der Waals surface area contributed by atoms with E-state index in [0.717, 1.165) is 10.9 Å². The van der Waals surface area contributed by atoms with Crippen LogP contribution in [-0.4, -0.2) is 16.9 Å². The summed E-state index contributed by atoms with van der Waals surface area (Å²) in [7, 11) is 0. The molecule has 0 bridgehead atoms. The maximum atomic E-state index is 11.7. The zero-order valence-electron chi connectivity index (χ0n) is 8.90. The van der Waals surface area contributed by atoms with Crippen LogP contribution < -0.4 is 5.32 Å². The number of hydrogen-bond donors (Lipinski definition) is 1. The van der Waals surface area contributed by atoms with Crippen LogP contribution in [0, 0.1) is 11.3 Å². The van der Waals surface area contributed by atoms with Crippen molar-refractivity contribution in [3.05, 3.63) is 28.5 Å². The van der Waals surface area contributed by atoms with E-state index in [-0.39, 0.29) is 11.9 Å². The van der Waals surface area contributed by atoms with Crippen LogP contribution in [0.1, 0.15) is 30.3 Å². The number of nitrogens with one attached hydrogen (secondary N) is 1. The molecule has 84 valence electrons. The highest BCUT2D eigenvalue weighted by molar-refractivity contribution is 9.10. The third-order valence-corrected chi connectivity index (χ3v) is 2.59. The van der Waals surface area contributed by atoms with Gasteiger partial charge in [-0.25, -0.2) is 4.98 Å². The number of nitrogens with zero attached hydrogens (tertiary/aromatic N) is 2. The maximum Gasteiger partial charge on any atom is 0.270 e. The van der Waals surface area contributed by atoms with E-state index in [9.17, 15) is 4.79 Å². The molecule has 1 unspecified atom stereocenters. The third-order valence-electron chi connectivity index (χ3n) is 2.13. The molecule has 0 aliphatic heterocycles. The van der Waals surface area contributed by atoms with Crippen LogP contribution in [-0.2, 0) is 0 Å². The average molecular weight is 282 g/mol. The molecule has 0 saturated heterocycles. The molecule has 1 aromatic rings. The van der Waals surface area contributed by atoms with Gasteiger partial charge in [0.2, 0.25) is 0 Å². The molecule has 1 N–H and O–H groups in total. The Bertz CT molecular complexity index is 397. The molecule has 0 fully saturated rings. The maximum absolute atomic E-state index is 11.7. The van der Waals surface area contributed by atoms with E-state index >= 15 is 0 Å². The van der Waals surface area contributed by atoms with Crippen LogP contribution in [0.2, 0.25) is 0 Å². The van der Waals surface area contributed by atoms with Crippen LogP contribution in [0.5, 0.6) is 0 Å². The highest BCUT2D eigenvalue weighted by atomic mass is 79.9. The summed E-state index contributed by atoms with van der Waals surface area (Å²) in [6, 6.07) is 5.33. The average Bonchev–Trinajstić information content (AvgIpc) is 2.29. The fourth-order valence-corrected chi connectivity index (χ4v) is 1.41. The highest BCUT2D eigenvalue weighted by Crippen LogP contribution is 2.07. The minimum absolute atomic E-state index is 0.108. The van der Waals surface area contributed by atoms with Gasteiger partial charge in [0.05, 0.1) is 12.5 Å². The van der Waals surface area contributed by atoms with E-state index in [1.807, 2.05) is 13.0 Å². The van der Waals surface area contributed by atoms with Gasteiger partial charge >= 0.3 is 0 Å². The minimum Gasteiger partial charge on any atom is -0.347 e. The number of aromatic nitrogens is 1. The number of hydrogen-bond acceptors (Lipinski definition) is 3. The number of pyridine rings is 1. The Balaban J connectivity index is 2.65. The van der Waals surface area contributed by atoms with Crippen molar-refractivity contribution >= 4 is 21.8 Å². The molecule has 0 aromatic carbocycles. The Labute approximate surface area is 103 Å². The van der Waals surface area contributed by atoms with E-state index in [0.29, 0.717) is 12.1 Å². The number of halogens is 1. The van der Waals surface area contributed by atoms with Crippen LogP contribution in [0.25, 0.3) is 0 Å². The molecular formula is C11H12BrN3O. The standard InChI is InChI=1S/C11H12BrN3O/c1-2-9(5-6-13)15-11(16)10-4-3-8(12)7-14-10/h3-4,7,9H,2,5H2,1H3,(H,15,16). The smallest absolute Gasteiger partial charge is 0.270 e. The van der Waals surface area contributed by atoms with E-state index in [4.69, 9.17) is 5.26 Å². The minimum atomic E-state index is -0.241. The van der Waals surface area contributed by atoms with Gasteiger partial charge in [0.1, 0.15) is 5.69 Å². The first-order valence-electron chi connectivity index (χ1n) is 4.96. The summed E-state index contributed by atoms with van der Waals surface area (Å²) in [5, 5.41) is 11.3. The first kappa shape index (κ1) is 12.7. The Morgan fingerprint density at radius 3 is 2.94 bits per heavy atom. The molecule has 0 aliphatic rings. The topological polar surface area (TPSA) is 65.8 Å². The van der Waals surface area contributed by atoms with Gasteiger partial charge < -0.3 is 5.32 Å². The molecule has 1 rings (SSSR count). The molecule has 1 amide bonds. The number of nitriles is 1. The molecule has 0 aliphatic carbocycles. The van der Waals surface area contributed by atoms with Gasteiger partial charge in [0.15, 0.2) is 0 Å². The second-order valence-electron chi connectivity index (χ2n) is 3.30. The van der Waals surface area contributed by atoms with E-state index in [1.165, 1.54) is 0 Å². The molecular weight excluding hydrogens is 270 g/mol. The summed E-state index contributed by atoms with van der Waals surface area (Å²) >= 11 is 3.25. The Morgan fingerprint density at radius 1 is 1.69 bits per heavy atom. The first-order valence-corrected chi connectivity index (χ1v) is 5.76. The second kappa shape index (κ2) is 6.23. The molecule has 4 nitrogen and oxygen atoms in total. The summed E-state index contributed by atoms with van der Waals surface area (Å²) in [5.74, 6) is -0.241. The van der Waals surface area contributed by atoms with Crippen molar-refractivity contribution in [3.8, 4) is 6.07 Å². The van der Waals surface area contributed by atoms with Gasteiger partial charge in [-0.05, 0) is 34.5 Å². The van der Waals surface area contributed by atoms with Gasteiger partial charge in [-0.3, -0.25) is 4.79 Å². The van der Waals surface area contributed by atoms with Gasteiger partial charge in [-0.1, -0.05) is 6.92 Å². The van der Waals surface area contributed by atoms with Crippen molar-refractivity contribution in [2.24, 2.45) is 0 Å². The zero-order valence-corrected chi connectivity index (χ0v) is 10.5. The van der Waals surface area contributed by atoms with Gasteiger partial charge in [-0.15, -0.1) is 0 Å². The predicted octanol–water partition coefficient (Wildman–Crippen LogP) is 2.27. The summed E-state index contributed by atoms with van der Waals surface area (Å²) in [5.41, 5.74) is 0.361. The van der Waals surface area contributed by atoms with Crippen molar-refractivity contribution in [1.82, 2.24) is 10.3 Å². The largest absolute Gasteiger partial charge is 0.347 e. The zero-order chi connectivity index (χ0) is 12.0. The number of carbonyl (C=O) groups is 1. The van der Waals surface area contributed by atoms with Crippen LogP contribution in [0.3, 0.4) is 0 Å². The van der Waals surface area contributed by atoms with Crippen molar-refractivity contribution in [2.45, 2.75) is 25.8 Å². The predicted molar refractivity (Wildman–Crippen MR) is 63.7 cm³/mol. The lowest BCUT2D eigenvalue weighted by Crippen LogP contribution is -2.34.